The van der Waals surface area contributed by atoms with Crippen LogP contribution in [0.15, 0.2) is 189 Å². The first kappa shape index (κ1) is 50.1. The average Bonchev–Trinajstić information content (AvgIpc) is 4.10. The number of aryl methyl sites for hydroxylation is 1. The van der Waals surface area contributed by atoms with Gasteiger partial charge in [-0.2, -0.15) is 4.52 Å². The molecule has 2 atom stereocenters. The number of hydrogen-bond donors (Lipinski definition) is 2. The van der Waals surface area contributed by atoms with Gasteiger partial charge in [0.25, 0.3) is 17.4 Å². The predicted octanol–water partition coefficient (Wildman–Crippen LogP) is 9.20. The van der Waals surface area contributed by atoms with Crippen molar-refractivity contribution >= 4 is 79.8 Å². The average molecular weight is 1060 g/mol. The molecular weight excluding hydrogens is 1010 g/mol. The molecule has 2 aliphatic rings. The van der Waals surface area contributed by atoms with E-state index in [0.29, 0.717) is 31.5 Å². The lowest BCUT2D eigenvalue weighted by atomic mass is 9.77. The van der Waals surface area contributed by atoms with Gasteiger partial charge >= 0.3 is 5.97 Å². The Morgan fingerprint density at radius 3 is 1.96 bits per heavy atom. The van der Waals surface area contributed by atoms with E-state index in [0.717, 1.165) is 27.8 Å². The number of thioether (sulfide) groups is 2. The summed E-state index contributed by atoms with van der Waals surface area (Å²) in [5.74, 6) is -2.66. The molecule has 8 aromatic rings. The Kier molecular flexibility index (Phi) is 14.6. The summed E-state index contributed by atoms with van der Waals surface area (Å²) in [4.78, 5) is 74.0. The van der Waals surface area contributed by atoms with Gasteiger partial charge < -0.3 is 24.9 Å². The Morgan fingerprint density at radius 2 is 1.39 bits per heavy atom. The van der Waals surface area contributed by atoms with Crippen LogP contribution in [0.2, 0.25) is 0 Å². The fraction of sp³-hybridized carbons (Fsp3) is 0.200. The maximum absolute atomic E-state index is 14.8. The zero-order valence-corrected chi connectivity index (χ0v) is 43.7. The van der Waals surface area contributed by atoms with E-state index in [2.05, 4.69) is 62.3 Å². The van der Waals surface area contributed by atoms with Crippen LogP contribution in [0.1, 0.15) is 59.2 Å². The van der Waals surface area contributed by atoms with Crippen molar-refractivity contribution < 1.29 is 28.7 Å². The van der Waals surface area contributed by atoms with Crippen LogP contribution in [0.4, 0.5) is 5.13 Å². The molecule has 0 unspecified atom stereocenters. The van der Waals surface area contributed by atoms with Gasteiger partial charge in [-0.1, -0.05) is 180 Å². The molecule has 374 valence electrons. The monoisotopic (exact) mass is 1060 g/mol. The molecule has 15 nitrogen and oxygen atoms in total. The third-order valence-corrected chi connectivity index (χ3v) is 16.6. The molecule has 74 heavy (non-hydrogen) atoms. The minimum Gasteiger partial charge on any atom is -0.448 e. The molecule has 0 spiro atoms. The number of methoxy groups -OCH3 is 1. The van der Waals surface area contributed by atoms with E-state index >= 15 is 0 Å². The molecule has 0 radical (unpaired) electrons. The Labute approximate surface area is 442 Å². The standard InChI is InChI=1S/C55H48N8O7S4/c1-34-30-42(64)63-52(56-34)74-53(60-63)73-32-37-31-71-49-44(48(66)62(49)45(37)50(67)69-46(35-20-10-5-11-21-35)36-22-12-6-13-23-36)58-47(65)43(61-70-54(2,3)68-4)41-33-72-51(57-41)59-55(38-24-14-7-15-25-38,39-26-16-8-17-27-39)40-28-18-9-19-29-40/h5-30,33,44,46,49H,31-32H2,1-4H3,(H,57,59)(H,58,65)/b61-43+/t44-,49-/m1/s1. The number of carbonyl (C=O) groups excluding carboxylic acids is 3. The topological polar surface area (TPSA) is 179 Å². The van der Waals surface area contributed by atoms with Crippen LogP contribution in [0, 0.1) is 6.92 Å². The summed E-state index contributed by atoms with van der Waals surface area (Å²) in [6.07, 6.45) is -0.803. The van der Waals surface area contributed by atoms with Crippen molar-refractivity contribution in [2.75, 3.05) is 23.9 Å². The van der Waals surface area contributed by atoms with Crippen LogP contribution in [-0.4, -0.2) is 83.8 Å². The number of aromatic nitrogens is 4. The number of esters is 1. The first-order valence-electron chi connectivity index (χ1n) is 23.4. The lowest BCUT2D eigenvalue weighted by molar-refractivity contribution is -0.197. The Morgan fingerprint density at radius 1 is 0.824 bits per heavy atom. The predicted molar refractivity (Wildman–Crippen MR) is 289 cm³/mol. The number of β-lactam (4-membered cyclic amide) rings is 1. The summed E-state index contributed by atoms with van der Waals surface area (Å²) in [6.45, 7) is 5.05. The van der Waals surface area contributed by atoms with E-state index in [4.69, 9.17) is 19.3 Å². The highest BCUT2D eigenvalue weighted by molar-refractivity contribution is 8.02. The van der Waals surface area contributed by atoms with E-state index in [9.17, 15) is 19.2 Å². The van der Waals surface area contributed by atoms with E-state index in [1.807, 2.05) is 115 Å². The molecule has 1 saturated heterocycles. The van der Waals surface area contributed by atoms with Crippen LogP contribution >= 0.6 is 46.2 Å². The Bertz CT molecular complexity index is 3310. The van der Waals surface area contributed by atoms with Crippen molar-refractivity contribution in [2.45, 2.75) is 54.0 Å². The second-order valence-corrected chi connectivity index (χ2v) is 21.8. The number of fused-ring (bicyclic) bond motifs is 2. The van der Waals surface area contributed by atoms with E-state index in [1.165, 1.54) is 68.8 Å². The van der Waals surface area contributed by atoms with Gasteiger partial charge in [0, 0.05) is 49.6 Å². The molecule has 3 aromatic heterocycles. The number of nitrogens with zero attached hydrogens (tertiary/aromatic N) is 6. The van der Waals surface area contributed by atoms with Crippen molar-refractivity contribution in [3.05, 3.63) is 224 Å². The van der Waals surface area contributed by atoms with E-state index < -0.39 is 46.6 Å². The third-order valence-electron chi connectivity index (χ3n) is 12.4. The number of ether oxygens (including phenoxy) is 2. The highest BCUT2D eigenvalue weighted by atomic mass is 32.2. The minimum absolute atomic E-state index is 0.0777. The van der Waals surface area contributed by atoms with E-state index in [1.54, 1.807) is 26.2 Å². The highest BCUT2D eigenvalue weighted by Gasteiger charge is 2.55. The molecule has 10 rings (SSSR count). The summed E-state index contributed by atoms with van der Waals surface area (Å²) < 4.78 is 13.7. The molecule has 2 aliphatic heterocycles. The molecule has 2 N–H and O–H groups in total. The summed E-state index contributed by atoms with van der Waals surface area (Å²) in [7, 11) is 1.46. The van der Waals surface area contributed by atoms with Gasteiger partial charge in [-0.05, 0) is 40.3 Å². The van der Waals surface area contributed by atoms with Crippen LogP contribution in [0.25, 0.3) is 4.96 Å². The molecule has 2 amide bonds. The number of rotatable bonds is 18. The van der Waals surface area contributed by atoms with Crippen molar-refractivity contribution in [2.24, 2.45) is 5.16 Å². The van der Waals surface area contributed by atoms with Crippen LogP contribution < -0.4 is 16.2 Å². The van der Waals surface area contributed by atoms with Crippen molar-refractivity contribution in [1.82, 2.24) is 29.8 Å². The number of oxime groups is 1. The smallest absolute Gasteiger partial charge is 0.356 e. The summed E-state index contributed by atoms with van der Waals surface area (Å²) >= 11 is 5.25. The van der Waals surface area contributed by atoms with Gasteiger partial charge in [-0.3, -0.25) is 19.3 Å². The maximum Gasteiger partial charge on any atom is 0.356 e. The van der Waals surface area contributed by atoms with Gasteiger partial charge in [-0.25, -0.2) is 14.8 Å². The molecular formula is C55H48N8O7S4. The van der Waals surface area contributed by atoms with Crippen molar-refractivity contribution in [1.29, 1.82) is 0 Å². The van der Waals surface area contributed by atoms with Gasteiger partial charge in [0.05, 0.1) is 0 Å². The van der Waals surface area contributed by atoms with Crippen LogP contribution in [0.3, 0.4) is 0 Å². The molecule has 5 aromatic carbocycles. The van der Waals surface area contributed by atoms with Crippen LogP contribution in [0.5, 0.6) is 0 Å². The highest BCUT2D eigenvalue weighted by Crippen LogP contribution is 2.44. The third kappa shape index (κ3) is 10.3. The molecule has 0 saturated carbocycles. The molecule has 0 bridgehead atoms. The lowest BCUT2D eigenvalue weighted by Gasteiger charge is -2.49. The van der Waals surface area contributed by atoms with Crippen molar-refractivity contribution in [3.8, 4) is 0 Å². The maximum atomic E-state index is 14.8. The fourth-order valence-corrected chi connectivity index (χ4v) is 12.9. The molecule has 0 aliphatic carbocycles. The Balaban J connectivity index is 0.959. The number of benzene rings is 5. The first-order valence-corrected chi connectivity index (χ1v) is 27.2. The largest absolute Gasteiger partial charge is 0.448 e. The second-order valence-electron chi connectivity index (χ2n) is 17.7. The number of carbonyl (C=O) groups is 3. The number of hydrogen-bond acceptors (Lipinski definition) is 16. The molecule has 1 fully saturated rings. The number of amides is 2. The summed E-state index contributed by atoms with van der Waals surface area (Å²) in [5, 5.41) is 17.0. The second kappa shape index (κ2) is 21.6. The number of nitrogens with one attached hydrogen (secondary N) is 2. The van der Waals surface area contributed by atoms with E-state index in [-0.39, 0.29) is 28.4 Å². The van der Waals surface area contributed by atoms with Gasteiger partial charge in [0.15, 0.2) is 21.3 Å². The van der Waals surface area contributed by atoms with Gasteiger partial charge in [0.2, 0.25) is 10.7 Å². The number of thiazole rings is 1. The minimum atomic E-state index is -1.24. The first-order chi connectivity index (χ1) is 35.9. The number of anilines is 1. The lowest BCUT2D eigenvalue weighted by Crippen LogP contribution is -2.71. The van der Waals surface area contributed by atoms with Crippen LogP contribution in [-0.2, 0) is 34.2 Å². The molecule has 5 heterocycles. The summed E-state index contributed by atoms with van der Waals surface area (Å²) in [6, 6.07) is 49.3. The van der Waals surface area contributed by atoms with Gasteiger partial charge in [-0.15, -0.1) is 28.2 Å². The SMILES string of the molecule is COC(C)(C)O/N=C(/C(=O)N[C@@H]1C(=O)N2C(C(=O)OC(c3ccccc3)c3ccccc3)=C(CSc3nn4c(=O)cc(C)nc4s3)CS[C@H]12)c1csc(NC(c2ccccc2)(c2ccccc2)c2ccccc2)n1. The van der Waals surface area contributed by atoms with Gasteiger partial charge in [0.1, 0.15) is 28.3 Å². The fourth-order valence-electron chi connectivity index (χ4n) is 8.63. The normalized spacial score (nSPS) is 15.9. The Hall–Kier alpha value is -7.42. The zero-order chi connectivity index (χ0) is 51.4. The molecule has 19 heteroatoms. The summed E-state index contributed by atoms with van der Waals surface area (Å²) in [5.41, 5.74) is 4.40. The van der Waals surface area contributed by atoms with Crippen molar-refractivity contribution in [3.63, 3.8) is 0 Å². The quantitative estimate of drug-likeness (QED) is 0.0158. The zero-order valence-electron chi connectivity index (χ0n) is 40.4.